The van der Waals surface area contributed by atoms with Gasteiger partial charge in [-0.2, -0.15) is 9.97 Å². The maximum atomic E-state index is 4.84. The molecule has 0 atom stereocenters. The number of benzene rings is 3. The molecule has 1 fully saturated rings. The third-order valence-electron chi connectivity index (χ3n) is 5.66. The van der Waals surface area contributed by atoms with E-state index in [4.69, 9.17) is 9.97 Å². The van der Waals surface area contributed by atoms with Crippen LogP contribution in [0.2, 0.25) is 0 Å². The lowest BCUT2D eigenvalue weighted by atomic mass is 10.1. The zero-order chi connectivity index (χ0) is 21.6. The van der Waals surface area contributed by atoms with Gasteiger partial charge in [0.25, 0.3) is 0 Å². The van der Waals surface area contributed by atoms with E-state index >= 15 is 0 Å². The van der Waals surface area contributed by atoms with Crippen molar-refractivity contribution in [2.75, 3.05) is 28.6 Å². The lowest BCUT2D eigenvalue weighted by Gasteiger charge is -2.27. The molecule has 0 spiro atoms. The second-order valence-corrected chi connectivity index (χ2v) is 8.05. The summed E-state index contributed by atoms with van der Waals surface area (Å²) in [7, 11) is 0. The van der Waals surface area contributed by atoms with Gasteiger partial charge in [-0.3, -0.25) is 0 Å². The van der Waals surface area contributed by atoms with E-state index in [-0.39, 0.29) is 0 Å². The van der Waals surface area contributed by atoms with Crippen molar-refractivity contribution in [2.24, 2.45) is 0 Å². The topological polar surface area (TPSA) is 53.1 Å². The third kappa shape index (κ3) is 4.89. The number of hydrogen-bond acceptors (Lipinski definition) is 5. The molecule has 0 saturated carbocycles. The first-order chi connectivity index (χ1) is 15.8. The standard InChI is InChI=1S/C27H27N5/c1-4-10-21(11-5-1)22-14-16-24(17-15-22)29-26-20-25(28-23-12-6-2-7-13-23)30-27(31-26)32-18-8-3-9-19-32/h1-2,4-7,10-17,20H,3,8-9,18-19H2,(H2,28,29,30,31). The lowest BCUT2D eigenvalue weighted by Crippen LogP contribution is -2.31. The molecule has 1 aliphatic rings. The maximum absolute atomic E-state index is 4.84. The third-order valence-corrected chi connectivity index (χ3v) is 5.66. The Hall–Kier alpha value is -3.86. The summed E-state index contributed by atoms with van der Waals surface area (Å²) in [4.78, 5) is 11.9. The van der Waals surface area contributed by atoms with Crippen LogP contribution in [0, 0.1) is 0 Å². The molecule has 2 heterocycles. The molecule has 0 aliphatic carbocycles. The summed E-state index contributed by atoms with van der Waals surface area (Å²) in [5.74, 6) is 2.34. The van der Waals surface area contributed by atoms with Gasteiger partial charge in [-0.05, 0) is 54.7 Å². The normalized spacial score (nSPS) is 13.6. The van der Waals surface area contributed by atoms with Gasteiger partial charge in [-0.1, -0.05) is 60.7 Å². The minimum Gasteiger partial charge on any atom is -0.341 e. The SMILES string of the molecule is c1ccc(Nc2cc(Nc3ccc(-c4ccccc4)cc3)nc(N3CCCCC3)n2)cc1. The van der Waals surface area contributed by atoms with Crippen LogP contribution in [0.1, 0.15) is 19.3 Å². The van der Waals surface area contributed by atoms with E-state index in [0.717, 1.165) is 42.0 Å². The van der Waals surface area contributed by atoms with Crippen LogP contribution in [-0.2, 0) is 0 Å². The quantitative estimate of drug-likeness (QED) is 0.366. The number of para-hydroxylation sites is 1. The highest BCUT2D eigenvalue weighted by Gasteiger charge is 2.16. The summed E-state index contributed by atoms with van der Waals surface area (Å²) in [6.07, 6.45) is 3.64. The summed E-state index contributed by atoms with van der Waals surface area (Å²) < 4.78 is 0. The highest BCUT2D eigenvalue weighted by molar-refractivity contribution is 5.69. The van der Waals surface area contributed by atoms with E-state index in [0.29, 0.717) is 0 Å². The first-order valence-electron chi connectivity index (χ1n) is 11.2. The van der Waals surface area contributed by atoms with Crippen LogP contribution in [0.3, 0.4) is 0 Å². The summed E-state index contributed by atoms with van der Waals surface area (Å²) >= 11 is 0. The van der Waals surface area contributed by atoms with E-state index in [9.17, 15) is 0 Å². The first kappa shape index (κ1) is 20.1. The van der Waals surface area contributed by atoms with Crippen LogP contribution in [0.4, 0.5) is 29.0 Å². The van der Waals surface area contributed by atoms with Gasteiger partial charge in [-0.25, -0.2) is 0 Å². The highest BCUT2D eigenvalue weighted by Crippen LogP contribution is 2.26. The predicted octanol–water partition coefficient (Wildman–Crippen LogP) is 6.62. The van der Waals surface area contributed by atoms with Gasteiger partial charge in [-0.15, -0.1) is 0 Å². The van der Waals surface area contributed by atoms with Crippen LogP contribution in [0.25, 0.3) is 11.1 Å². The predicted molar refractivity (Wildman–Crippen MR) is 133 cm³/mol. The van der Waals surface area contributed by atoms with Crippen LogP contribution >= 0.6 is 0 Å². The van der Waals surface area contributed by atoms with Gasteiger partial charge in [0, 0.05) is 30.5 Å². The van der Waals surface area contributed by atoms with Crippen molar-refractivity contribution < 1.29 is 0 Å². The van der Waals surface area contributed by atoms with Gasteiger partial charge in [0.15, 0.2) is 0 Å². The van der Waals surface area contributed by atoms with Crippen molar-refractivity contribution >= 4 is 29.0 Å². The molecule has 4 aromatic rings. The van der Waals surface area contributed by atoms with E-state index < -0.39 is 0 Å². The Bertz CT molecular complexity index is 1140. The molecule has 0 bridgehead atoms. The second-order valence-electron chi connectivity index (χ2n) is 8.05. The van der Waals surface area contributed by atoms with E-state index in [1.165, 1.54) is 30.4 Å². The largest absolute Gasteiger partial charge is 0.341 e. The molecule has 1 saturated heterocycles. The molecule has 160 valence electrons. The molecule has 5 heteroatoms. The Morgan fingerprint density at radius 2 is 1.09 bits per heavy atom. The van der Waals surface area contributed by atoms with E-state index in [1.54, 1.807) is 0 Å². The Morgan fingerprint density at radius 1 is 0.562 bits per heavy atom. The monoisotopic (exact) mass is 421 g/mol. The first-order valence-corrected chi connectivity index (χ1v) is 11.2. The van der Waals surface area contributed by atoms with Crippen molar-refractivity contribution in [2.45, 2.75) is 19.3 Å². The van der Waals surface area contributed by atoms with Gasteiger partial charge in [0.2, 0.25) is 5.95 Å². The zero-order valence-corrected chi connectivity index (χ0v) is 18.0. The van der Waals surface area contributed by atoms with Crippen LogP contribution in [0.15, 0.2) is 91.0 Å². The van der Waals surface area contributed by atoms with Crippen molar-refractivity contribution in [1.29, 1.82) is 0 Å². The molecule has 0 unspecified atom stereocenters. The average Bonchev–Trinajstić information content (AvgIpc) is 2.86. The van der Waals surface area contributed by atoms with Crippen LogP contribution < -0.4 is 15.5 Å². The molecule has 3 aromatic carbocycles. The average molecular weight is 422 g/mol. The van der Waals surface area contributed by atoms with Gasteiger partial charge >= 0.3 is 0 Å². The lowest BCUT2D eigenvalue weighted by molar-refractivity contribution is 0.568. The molecule has 1 aliphatic heterocycles. The van der Waals surface area contributed by atoms with Crippen LogP contribution in [-0.4, -0.2) is 23.1 Å². The molecule has 1 aromatic heterocycles. The van der Waals surface area contributed by atoms with E-state index in [1.807, 2.05) is 42.5 Å². The molecule has 32 heavy (non-hydrogen) atoms. The fourth-order valence-electron chi connectivity index (χ4n) is 3.99. The summed E-state index contributed by atoms with van der Waals surface area (Å²) in [5.41, 5.74) is 4.41. The van der Waals surface area contributed by atoms with Crippen molar-refractivity contribution in [3.8, 4) is 11.1 Å². The molecule has 2 N–H and O–H groups in total. The van der Waals surface area contributed by atoms with Crippen molar-refractivity contribution in [1.82, 2.24) is 9.97 Å². The van der Waals surface area contributed by atoms with Gasteiger partial charge in [0.05, 0.1) is 0 Å². The second kappa shape index (κ2) is 9.52. The molecule has 5 rings (SSSR count). The Labute approximate surface area is 189 Å². The minimum atomic E-state index is 0.772. The van der Waals surface area contributed by atoms with Gasteiger partial charge < -0.3 is 15.5 Å². The zero-order valence-electron chi connectivity index (χ0n) is 18.0. The van der Waals surface area contributed by atoms with Crippen molar-refractivity contribution in [3.05, 3.63) is 91.0 Å². The van der Waals surface area contributed by atoms with Crippen LogP contribution in [0.5, 0.6) is 0 Å². The van der Waals surface area contributed by atoms with E-state index in [2.05, 4.69) is 64.1 Å². The summed E-state index contributed by atoms with van der Waals surface area (Å²) in [6.45, 7) is 2.00. The van der Waals surface area contributed by atoms with Gasteiger partial charge in [0.1, 0.15) is 11.6 Å². The molecule has 0 amide bonds. The van der Waals surface area contributed by atoms with Crippen molar-refractivity contribution in [3.63, 3.8) is 0 Å². The number of rotatable bonds is 6. The summed E-state index contributed by atoms with van der Waals surface area (Å²) in [6, 6.07) is 30.9. The molecule has 0 radical (unpaired) electrons. The fraction of sp³-hybridized carbons (Fsp3) is 0.185. The summed E-state index contributed by atoms with van der Waals surface area (Å²) in [5, 5.41) is 6.89. The number of anilines is 5. The molecular weight excluding hydrogens is 394 g/mol. The molecular formula is C27H27N5. The Morgan fingerprint density at radius 3 is 1.72 bits per heavy atom. The number of piperidine rings is 1. The minimum absolute atomic E-state index is 0.772. The number of nitrogens with one attached hydrogen (secondary N) is 2. The fourth-order valence-corrected chi connectivity index (χ4v) is 3.99. The smallest absolute Gasteiger partial charge is 0.229 e. The number of aromatic nitrogens is 2. The Kier molecular flexibility index (Phi) is 5.97. The number of nitrogens with zero attached hydrogens (tertiary/aromatic N) is 3. The molecule has 5 nitrogen and oxygen atoms in total. The highest BCUT2D eigenvalue weighted by atomic mass is 15.3. The Balaban J connectivity index is 1.41. The maximum Gasteiger partial charge on any atom is 0.229 e. The number of hydrogen-bond donors (Lipinski definition) is 2.